The molecular weight excluding hydrogens is 324 g/mol. The normalized spacial score (nSPS) is 20.8. The van der Waals surface area contributed by atoms with Crippen LogP contribution < -0.4 is 16.4 Å². The summed E-state index contributed by atoms with van der Waals surface area (Å²) >= 11 is 0. The molecule has 1 aliphatic rings. The number of hydrogen-bond donors (Lipinski definition) is 3. The Morgan fingerprint density at radius 2 is 2.04 bits per heavy atom. The van der Waals surface area contributed by atoms with Crippen molar-refractivity contribution in [2.75, 3.05) is 19.4 Å². The summed E-state index contributed by atoms with van der Waals surface area (Å²) in [7, 11) is 3.49. The van der Waals surface area contributed by atoms with Crippen LogP contribution in [0.4, 0.5) is 5.95 Å². The zero-order valence-electron chi connectivity index (χ0n) is 15.3. The van der Waals surface area contributed by atoms with Crippen LogP contribution in [0.15, 0.2) is 53.4 Å². The van der Waals surface area contributed by atoms with Gasteiger partial charge in [0.15, 0.2) is 0 Å². The first-order valence-electron chi connectivity index (χ1n) is 8.97. The summed E-state index contributed by atoms with van der Waals surface area (Å²) in [5.41, 5.74) is 8.92. The lowest BCUT2D eigenvalue weighted by Crippen LogP contribution is -2.24. The van der Waals surface area contributed by atoms with E-state index >= 15 is 0 Å². The highest BCUT2D eigenvalue weighted by Crippen LogP contribution is 2.36. The lowest BCUT2D eigenvalue weighted by molar-refractivity contribution is 0.644. The number of nitrogens with zero attached hydrogens (tertiary/aromatic N) is 3. The van der Waals surface area contributed by atoms with Crippen LogP contribution in [0.3, 0.4) is 0 Å². The molecule has 0 bridgehead atoms. The van der Waals surface area contributed by atoms with Crippen molar-refractivity contribution in [1.29, 1.82) is 0 Å². The molecule has 6 nitrogen and oxygen atoms in total. The number of nitrogens with two attached hydrogens (primary N) is 1. The average molecular weight is 350 g/mol. The molecule has 1 aromatic heterocycles. The molecule has 1 aromatic carbocycles. The van der Waals surface area contributed by atoms with Crippen molar-refractivity contribution < 1.29 is 0 Å². The summed E-state index contributed by atoms with van der Waals surface area (Å²) in [6.45, 7) is 0. The van der Waals surface area contributed by atoms with Gasteiger partial charge < -0.3 is 16.4 Å². The first-order chi connectivity index (χ1) is 12.7. The fourth-order valence-electron chi connectivity index (χ4n) is 3.51. The van der Waals surface area contributed by atoms with Crippen LogP contribution in [0.25, 0.3) is 5.57 Å². The number of anilines is 1. The minimum Gasteiger partial charge on any atom is -0.385 e. The highest BCUT2D eigenvalue weighted by molar-refractivity contribution is 6.09. The first kappa shape index (κ1) is 17.9. The number of aliphatic imine (C=N–C) groups is 1. The van der Waals surface area contributed by atoms with Crippen LogP contribution in [0.5, 0.6) is 0 Å². The van der Waals surface area contributed by atoms with E-state index in [0.29, 0.717) is 23.7 Å². The third-order valence-corrected chi connectivity index (χ3v) is 4.81. The average Bonchev–Trinajstić information content (AvgIpc) is 3.14. The van der Waals surface area contributed by atoms with E-state index in [-0.39, 0.29) is 0 Å². The maximum Gasteiger partial charge on any atom is 0.223 e. The van der Waals surface area contributed by atoms with Crippen LogP contribution in [0.1, 0.15) is 36.4 Å². The molecule has 26 heavy (non-hydrogen) atoms. The molecule has 0 aliphatic heterocycles. The van der Waals surface area contributed by atoms with Crippen molar-refractivity contribution >= 4 is 17.7 Å². The highest BCUT2D eigenvalue weighted by Gasteiger charge is 2.29. The van der Waals surface area contributed by atoms with E-state index in [1.54, 1.807) is 26.5 Å². The number of nitrogens with one attached hydrogen (secondary N) is 2. The molecule has 6 heteroatoms. The Kier molecular flexibility index (Phi) is 5.84. The predicted octanol–water partition coefficient (Wildman–Crippen LogP) is 2.77. The van der Waals surface area contributed by atoms with Crippen molar-refractivity contribution in [2.24, 2.45) is 10.7 Å². The largest absolute Gasteiger partial charge is 0.385 e. The number of aromatic nitrogens is 2. The zero-order valence-corrected chi connectivity index (χ0v) is 15.3. The summed E-state index contributed by atoms with van der Waals surface area (Å²) in [4.78, 5) is 13.2. The maximum atomic E-state index is 6.04. The fourth-order valence-corrected chi connectivity index (χ4v) is 3.51. The molecule has 4 N–H and O–H groups in total. The van der Waals surface area contributed by atoms with Crippen molar-refractivity contribution in [3.63, 3.8) is 0 Å². The van der Waals surface area contributed by atoms with Crippen LogP contribution >= 0.6 is 0 Å². The molecule has 1 saturated carbocycles. The Balaban J connectivity index is 1.82. The van der Waals surface area contributed by atoms with Gasteiger partial charge in [0.05, 0.1) is 11.3 Å². The number of hydrogen-bond acceptors (Lipinski definition) is 6. The fraction of sp³-hybridized carbons (Fsp3) is 0.350. The van der Waals surface area contributed by atoms with Crippen LogP contribution in [0, 0.1) is 0 Å². The van der Waals surface area contributed by atoms with Crippen molar-refractivity contribution in [1.82, 2.24) is 15.3 Å². The molecule has 2 aromatic rings. The van der Waals surface area contributed by atoms with Gasteiger partial charge in [-0.3, -0.25) is 4.99 Å². The second-order valence-electron chi connectivity index (χ2n) is 6.43. The van der Waals surface area contributed by atoms with Crippen LogP contribution in [-0.4, -0.2) is 36.3 Å². The molecule has 1 aliphatic carbocycles. The lowest BCUT2D eigenvalue weighted by Gasteiger charge is -2.21. The lowest BCUT2D eigenvalue weighted by atomic mass is 9.94. The standard InChI is InChI=1S/C20H26N6/c1-22-13-16(19(21)23-2)18-11-12-24-20(26-18)25-17-10-6-9-15(17)14-7-4-3-5-8-14/h3-5,7-8,11-13,15,17,23H,6,9-10,21H2,1-2H3,(H,24,25,26)/b19-16+,22-13-. The second-order valence-corrected chi connectivity index (χ2v) is 6.43. The zero-order chi connectivity index (χ0) is 18.4. The van der Waals surface area contributed by atoms with Crippen molar-refractivity contribution in [2.45, 2.75) is 31.2 Å². The van der Waals surface area contributed by atoms with E-state index in [0.717, 1.165) is 17.7 Å². The monoisotopic (exact) mass is 350 g/mol. The molecule has 0 radical (unpaired) electrons. The first-order valence-corrected chi connectivity index (χ1v) is 8.97. The van der Waals surface area contributed by atoms with Crippen molar-refractivity contribution in [3.8, 4) is 0 Å². The molecule has 2 unspecified atom stereocenters. The van der Waals surface area contributed by atoms with Gasteiger partial charge in [-0.05, 0) is 24.5 Å². The van der Waals surface area contributed by atoms with Crippen LogP contribution in [-0.2, 0) is 0 Å². The quantitative estimate of drug-likeness (QED) is 0.697. The van der Waals surface area contributed by atoms with Gasteiger partial charge in [-0.25, -0.2) is 9.97 Å². The molecule has 0 spiro atoms. The Hall–Kier alpha value is -2.89. The summed E-state index contributed by atoms with van der Waals surface area (Å²) in [5.74, 6) is 1.64. The van der Waals surface area contributed by atoms with E-state index in [4.69, 9.17) is 5.73 Å². The van der Waals surface area contributed by atoms with Gasteiger partial charge in [0, 0.05) is 38.5 Å². The second kappa shape index (κ2) is 8.47. The van der Waals surface area contributed by atoms with Gasteiger partial charge in [0.2, 0.25) is 5.95 Å². The van der Waals surface area contributed by atoms with Gasteiger partial charge in [-0.15, -0.1) is 0 Å². The van der Waals surface area contributed by atoms with E-state index < -0.39 is 0 Å². The van der Waals surface area contributed by atoms with E-state index in [1.165, 1.54) is 18.4 Å². The Bertz CT molecular complexity index is 784. The topological polar surface area (TPSA) is 88.2 Å². The molecule has 1 heterocycles. The molecular formula is C20H26N6. The predicted molar refractivity (Wildman–Crippen MR) is 107 cm³/mol. The van der Waals surface area contributed by atoms with Gasteiger partial charge in [0.25, 0.3) is 0 Å². The summed E-state index contributed by atoms with van der Waals surface area (Å²) in [5, 5.41) is 6.49. The molecule has 1 fully saturated rings. The number of benzene rings is 1. The summed E-state index contributed by atoms with van der Waals surface area (Å²) in [6.07, 6.45) is 6.97. The number of rotatable bonds is 6. The van der Waals surface area contributed by atoms with E-state index in [1.807, 2.05) is 6.07 Å². The molecule has 136 valence electrons. The van der Waals surface area contributed by atoms with Crippen molar-refractivity contribution in [3.05, 3.63) is 59.7 Å². The minimum absolute atomic E-state index is 0.335. The molecule has 2 atom stereocenters. The van der Waals surface area contributed by atoms with Gasteiger partial charge in [-0.1, -0.05) is 36.8 Å². The molecule has 0 saturated heterocycles. The highest BCUT2D eigenvalue weighted by atomic mass is 15.1. The molecule has 3 rings (SSSR count). The minimum atomic E-state index is 0.335. The van der Waals surface area contributed by atoms with E-state index in [9.17, 15) is 0 Å². The smallest absolute Gasteiger partial charge is 0.223 e. The summed E-state index contributed by atoms with van der Waals surface area (Å²) < 4.78 is 0. The van der Waals surface area contributed by atoms with Gasteiger partial charge >= 0.3 is 0 Å². The Labute approximate surface area is 154 Å². The van der Waals surface area contributed by atoms with Gasteiger partial charge in [0.1, 0.15) is 5.82 Å². The Morgan fingerprint density at radius 3 is 2.77 bits per heavy atom. The van der Waals surface area contributed by atoms with E-state index in [2.05, 4.69) is 55.9 Å². The third-order valence-electron chi connectivity index (χ3n) is 4.81. The van der Waals surface area contributed by atoms with Gasteiger partial charge in [-0.2, -0.15) is 0 Å². The maximum absolute atomic E-state index is 6.04. The summed E-state index contributed by atoms with van der Waals surface area (Å²) in [6, 6.07) is 12.8. The molecule has 0 amide bonds. The number of allylic oxidation sites excluding steroid dienone is 1. The Morgan fingerprint density at radius 1 is 1.23 bits per heavy atom. The van der Waals surface area contributed by atoms with Crippen LogP contribution in [0.2, 0.25) is 0 Å². The SMILES string of the molecule is C/N=C\C(=C(\N)NC)c1ccnc(NC2CCCC2c2ccccc2)n1. The third kappa shape index (κ3) is 4.02.